The van der Waals surface area contributed by atoms with Crippen LogP contribution in [0.15, 0.2) is 24.3 Å². The lowest BCUT2D eigenvalue weighted by molar-refractivity contribution is 0.0791. The van der Waals surface area contributed by atoms with Gasteiger partial charge in [-0.05, 0) is 55.2 Å². The number of imidazole rings is 1. The van der Waals surface area contributed by atoms with Crippen molar-refractivity contribution in [3.63, 3.8) is 0 Å². The molecule has 0 radical (unpaired) electrons. The van der Waals surface area contributed by atoms with E-state index < -0.39 is 5.91 Å². The summed E-state index contributed by atoms with van der Waals surface area (Å²) < 4.78 is 0. The second-order valence-electron chi connectivity index (χ2n) is 7.80. The highest BCUT2D eigenvalue weighted by Crippen LogP contribution is 2.33. The third-order valence-electron chi connectivity index (χ3n) is 5.87. The Morgan fingerprint density at radius 1 is 1.20 bits per heavy atom. The lowest BCUT2D eigenvalue weighted by Crippen LogP contribution is -2.29. The van der Waals surface area contributed by atoms with Gasteiger partial charge < -0.3 is 21.4 Å². The van der Waals surface area contributed by atoms with Crippen LogP contribution in [0.25, 0.3) is 11.0 Å². The number of benzene rings is 2. The molecule has 0 unspecified atom stereocenters. The van der Waals surface area contributed by atoms with Crippen LogP contribution in [0.2, 0.25) is 5.02 Å². The predicted octanol–water partition coefficient (Wildman–Crippen LogP) is 3.59. The number of nitrogens with zero attached hydrogens (tertiary/aromatic N) is 2. The number of H-pyrrole nitrogens is 1. The summed E-state index contributed by atoms with van der Waals surface area (Å²) in [6.07, 6.45) is 2.02. The first kappa shape index (κ1) is 20.2. The molecule has 1 atom stereocenters. The molecule has 0 aliphatic carbocycles. The maximum absolute atomic E-state index is 13.0. The van der Waals surface area contributed by atoms with Gasteiger partial charge in [-0.15, -0.1) is 0 Å². The van der Waals surface area contributed by atoms with Crippen LogP contribution in [0.5, 0.6) is 0 Å². The van der Waals surface area contributed by atoms with Gasteiger partial charge in [0.1, 0.15) is 5.82 Å². The number of likely N-dealkylation sites (tertiary alicyclic amines) is 1. The fraction of sp³-hybridized carbons (Fsp3) is 0.318. The Morgan fingerprint density at radius 2 is 1.87 bits per heavy atom. The zero-order chi connectivity index (χ0) is 21.6. The number of fused-ring (bicyclic) bond motifs is 1. The Labute approximate surface area is 179 Å². The molecule has 1 aliphatic heterocycles. The molecule has 3 aromatic rings. The third-order valence-corrected chi connectivity index (χ3v) is 6.19. The quantitative estimate of drug-likeness (QED) is 0.553. The minimum Gasteiger partial charge on any atom is -0.397 e. The van der Waals surface area contributed by atoms with Crippen LogP contribution < -0.4 is 11.5 Å². The van der Waals surface area contributed by atoms with Gasteiger partial charge in [0, 0.05) is 30.1 Å². The van der Waals surface area contributed by atoms with Crippen molar-refractivity contribution < 1.29 is 9.59 Å². The van der Waals surface area contributed by atoms with Gasteiger partial charge in [-0.1, -0.05) is 18.5 Å². The number of carbonyl (C=O) groups excluding carboxylic acids is 2. The second-order valence-corrected chi connectivity index (χ2v) is 8.20. The van der Waals surface area contributed by atoms with E-state index in [1.807, 2.05) is 18.7 Å². The molecule has 0 saturated carbocycles. The van der Waals surface area contributed by atoms with Crippen molar-refractivity contribution in [2.75, 3.05) is 18.8 Å². The second kappa shape index (κ2) is 7.65. The van der Waals surface area contributed by atoms with Gasteiger partial charge in [0.05, 0.1) is 21.7 Å². The molecule has 0 bridgehead atoms. The lowest BCUT2D eigenvalue weighted by atomic mass is 9.87. The Hall–Kier alpha value is -3.06. The van der Waals surface area contributed by atoms with Crippen LogP contribution in [0, 0.1) is 6.92 Å². The smallest absolute Gasteiger partial charge is 0.254 e. The van der Waals surface area contributed by atoms with Gasteiger partial charge in [0.2, 0.25) is 5.91 Å². The number of nitrogens with two attached hydrogens (primary N) is 2. The first-order chi connectivity index (χ1) is 14.3. The van der Waals surface area contributed by atoms with Gasteiger partial charge in [-0.3, -0.25) is 9.59 Å². The highest BCUT2D eigenvalue weighted by atomic mass is 35.5. The third kappa shape index (κ3) is 3.39. The molecule has 0 spiro atoms. The fourth-order valence-electron chi connectivity index (χ4n) is 4.23. The van der Waals surface area contributed by atoms with Gasteiger partial charge >= 0.3 is 0 Å². The largest absolute Gasteiger partial charge is 0.397 e. The number of hydrogen-bond donors (Lipinski definition) is 3. The summed E-state index contributed by atoms with van der Waals surface area (Å²) in [4.78, 5) is 35.0. The number of hydrogen-bond acceptors (Lipinski definition) is 4. The number of anilines is 1. The molecule has 8 heteroatoms. The molecule has 1 fully saturated rings. The number of carbonyl (C=O) groups is 2. The first-order valence-corrected chi connectivity index (χ1v) is 10.3. The van der Waals surface area contributed by atoms with E-state index in [0.29, 0.717) is 38.7 Å². The number of primary amides is 1. The molecule has 7 nitrogen and oxygen atoms in total. The summed E-state index contributed by atoms with van der Waals surface area (Å²) in [5.74, 6) is -0.212. The molecule has 4 rings (SSSR count). The van der Waals surface area contributed by atoms with Gasteiger partial charge in [-0.2, -0.15) is 0 Å². The monoisotopic (exact) mass is 425 g/mol. The highest BCUT2D eigenvalue weighted by molar-refractivity contribution is 6.33. The van der Waals surface area contributed by atoms with Crippen LogP contribution >= 0.6 is 11.6 Å². The number of halogens is 1. The average molecular weight is 426 g/mol. The Balaban J connectivity index is 1.82. The molecule has 1 aliphatic rings. The minimum atomic E-state index is -0.538. The van der Waals surface area contributed by atoms with E-state index in [0.717, 1.165) is 37.0 Å². The maximum atomic E-state index is 13.0. The maximum Gasteiger partial charge on any atom is 0.254 e. The molecule has 1 saturated heterocycles. The van der Waals surface area contributed by atoms with E-state index in [1.165, 1.54) is 0 Å². The van der Waals surface area contributed by atoms with E-state index in [-0.39, 0.29) is 11.8 Å². The Bertz CT molecular complexity index is 1130. The topological polar surface area (TPSA) is 118 Å². The van der Waals surface area contributed by atoms with Gasteiger partial charge in [0.25, 0.3) is 5.91 Å². The molecule has 156 valence electrons. The average Bonchev–Trinajstić information content (AvgIpc) is 3.37. The molecular formula is C22H24ClN5O2. The predicted molar refractivity (Wildman–Crippen MR) is 118 cm³/mol. The normalized spacial score (nSPS) is 15.0. The van der Waals surface area contributed by atoms with Crippen LogP contribution in [-0.2, 0) is 0 Å². The van der Waals surface area contributed by atoms with E-state index in [1.54, 1.807) is 24.3 Å². The van der Waals surface area contributed by atoms with Crippen molar-refractivity contribution in [1.82, 2.24) is 14.9 Å². The zero-order valence-corrected chi connectivity index (χ0v) is 17.7. The fourth-order valence-corrected chi connectivity index (χ4v) is 4.40. The minimum absolute atomic E-state index is 0.0152. The van der Waals surface area contributed by atoms with Crippen LogP contribution in [0.3, 0.4) is 0 Å². The Morgan fingerprint density at radius 3 is 2.53 bits per heavy atom. The van der Waals surface area contributed by atoms with Crippen molar-refractivity contribution in [3.05, 3.63) is 57.4 Å². The number of nitrogens with one attached hydrogen (secondary N) is 1. The number of amides is 2. The van der Waals surface area contributed by atoms with Crippen LogP contribution in [-0.4, -0.2) is 39.8 Å². The van der Waals surface area contributed by atoms with Crippen molar-refractivity contribution in [2.24, 2.45) is 5.73 Å². The zero-order valence-electron chi connectivity index (χ0n) is 17.0. The molecule has 2 aromatic carbocycles. The van der Waals surface area contributed by atoms with Crippen molar-refractivity contribution in [3.8, 4) is 0 Å². The molecule has 2 amide bonds. The number of aromatic nitrogens is 2. The first-order valence-electron chi connectivity index (χ1n) is 9.95. The summed E-state index contributed by atoms with van der Waals surface area (Å²) in [7, 11) is 0. The number of nitrogen functional groups attached to an aromatic ring is 1. The summed E-state index contributed by atoms with van der Waals surface area (Å²) in [6.45, 7) is 5.31. The van der Waals surface area contributed by atoms with Crippen LogP contribution in [0.1, 0.15) is 63.4 Å². The molecular weight excluding hydrogens is 402 g/mol. The highest BCUT2D eigenvalue weighted by Gasteiger charge is 2.27. The number of aromatic amines is 1. The molecule has 5 N–H and O–H groups in total. The van der Waals surface area contributed by atoms with Gasteiger partial charge in [-0.25, -0.2) is 4.98 Å². The summed E-state index contributed by atoms with van der Waals surface area (Å²) in [5, 5.41) is 0.442. The van der Waals surface area contributed by atoms with Gasteiger partial charge in [0.15, 0.2) is 0 Å². The molecule has 2 heterocycles. The molecule has 30 heavy (non-hydrogen) atoms. The number of rotatable bonds is 4. The SMILES string of the molecule is Cc1c(C(=O)N2CCCC2)ccc(C(N)=O)c1[C@H](C)c1nc2cc(N)c(Cl)cc2[nH]1. The van der Waals surface area contributed by atoms with E-state index in [9.17, 15) is 9.59 Å². The Kier molecular flexibility index (Phi) is 5.15. The van der Waals surface area contributed by atoms with Crippen molar-refractivity contribution in [2.45, 2.75) is 32.6 Å². The lowest BCUT2D eigenvalue weighted by Gasteiger charge is -2.22. The molecule has 1 aromatic heterocycles. The van der Waals surface area contributed by atoms with E-state index in [2.05, 4.69) is 9.97 Å². The summed E-state index contributed by atoms with van der Waals surface area (Å²) in [6, 6.07) is 6.78. The van der Waals surface area contributed by atoms with Crippen LogP contribution in [0.4, 0.5) is 5.69 Å². The summed E-state index contributed by atoms with van der Waals surface area (Å²) in [5.41, 5.74) is 15.9. The van der Waals surface area contributed by atoms with Crippen molar-refractivity contribution in [1.29, 1.82) is 0 Å². The van der Waals surface area contributed by atoms with E-state index >= 15 is 0 Å². The standard InChI is InChI=1S/C22H24ClN5O2/c1-11-13(22(30)28-7-3-4-8-28)5-6-14(20(25)29)19(11)12(2)21-26-17-9-15(23)16(24)10-18(17)27-21/h5-6,9-10,12H,3-4,7-8,24H2,1-2H3,(H2,25,29)(H,26,27)/t12-/m0/s1. The summed E-state index contributed by atoms with van der Waals surface area (Å²) >= 11 is 6.13. The van der Waals surface area contributed by atoms with Crippen molar-refractivity contribution >= 4 is 40.1 Å². The van der Waals surface area contributed by atoms with E-state index in [4.69, 9.17) is 23.1 Å².